The van der Waals surface area contributed by atoms with Crippen molar-refractivity contribution in [2.24, 2.45) is 5.41 Å². The van der Waals surface area contributed by atoms with Gasteiger partial charge in [-0.1, -0.05) is 13.8 Å². The average molecular weight is 265 g/mol. The lowest BCUT2D eigenvalue weighted by Gasteiger charge is -2.51. The van der Waals surface area contributed by atoms with E-state index in [1.54, 1.807) is 13.2 Å². The minimum Gasteiger partial charge on any atom is -0.477 e. The number of anilines is 2. The zero-order valence-corrected chi connectivity index (χ0v) is 11.3. The Hall–Kier alpha value is -1.82. The summed E-state index contributed by atoms with van der Waals surface area (Å²) in [4.78, 5) is 14.9. The van der Waals surface area contributed by atoms with Gasteiger partial charge in [-0.15, -0.1) is 0 Å². The number of hydrogen-bond acceptors (Lipinski definition) is 5. The largest absolute Gasteiger partial charge is 0.477 e. The third-order valence-electron chi connectivity index (χ3n) is 3.92. The number of hydrogen-bond donors (Lipinski definition) is 3. The number of carboxylic acid groups (broad SMARTS) is 1. The maximum atomic E-state index is 10.9. The highest BCUT2D eigenvalue weighted by molar-refractivity contribution is 5.86. The Morgan fingerprint density at radius 3 is 2.79 bits per heavy atom. The van der Waals surface area contributed by atoms with E-state index in [9.17, 15) is 4.79 Å². The van der Waals surface area contributed by atoms with Gasteiger partial charge < -0.3 is 20.9 Å². The highest BCUT2D eigenvalue weighted by Gasteiger charge is 2.48. The second-order valence-electron chi connectivity index (χ2n) is 5.42. The van der Waals surface area contributed by atoms with E-state index in [4.69, 9.17) is 15.6 Å². The number of pyridine rings is 1. The number of nitrogen functional groups attached to an aromatic ring is 1. The molecule has 2 unspecified atom stereocenters. The molecule has 0 saturated heterocycles. The topological polar surface area (TPSA) is 97.5 Å². The summed E-state index contributed by atoms with van der Waals surface area (Å²) in [6.45, 7) is 4.19. The number of ether oxygens (including phenoxy) is 1. The van der Waals surface area contributed by atoms with Gasteiger partial charge in [0.1, 0.15) is 5.82 Å². The predicted molar refractivity (Wildman–Crippen MR) is 72.2 cm³/mol. The van der Waals surface area contributed by atoms with Crippen LogP contribution in [0.4, 0.5) is 11.5 Å². The van der Waals surface area contributed by atoms with Crippen molar-refractivity contribution in [1.82, 2.24) is 4.98 Å². The van der Waals surface area contributed by atoms with Gasteiger partial charge in [0, 0.05) is 18.6 Å². The summed E-state index contributed by atoms with van der Waals surface area (Å²) >= 11 is 0. The standard InChI is InChI=1S/C13H19N3O3/c1-13(2)9(6-10(13)19-3)16-11-7(14)4-5-8(15-11)12(17)18/h4-5,9-10H,6,14H2,1-3H3,(H,15,16)(H,17,18). The quantitative estimate of drug-likeness (QED) is 0.764. The number of methoxy groups -OCH3 is 1. The molecule has 0 bridgehead atoms. The molecule has 1 fully saturated rings. The summed E-state index contributed by atoms with van der Waals surface area (Å²) in [6.07, 6.45) is 1.04. The fourth-order valence-corrected chi connectivity index (χ4v) is 2.40. The highest BCUT2D eigenvalue weighted by atomic mass is 16.5. The molecule has 0 radical (unpaired) electrons. The molecule has 104 valence electrons. The van der Waals surface area contributed by atoms with Gasteiger partial charge >= 0.3 is 5.97 Å². The summed E-state index contributed by atoms with van der Waals surface area (Å²) in [7, 11) is 1.69. The lowest BCUT2D eigenvalue weighted by molar-refractivity contribution is -0.0795. The molecule has 1 aliphatic rings. The van der Waals surface area contributed by atoms with Crippen LogP contribution >= 0.6 is 0 Å². The van der Waals surface area contributed by atoms with Crippen molar-refractivity contribution < 1.29 is 14.6 Å². The number of aromatic nitrogens is 1. The molecule has 19 heavy (non-hydrogen) atoms. The van der Waals surface area contributed by atoms with Gasteiger partial charge in [-0.3, -0.25) is 0 Å². The molecule has 2 atom stereocenters. The molecule has 1 saturated carbocycles. The Balaban J connectivity index is 2.16. The molecule has 0 spiro atoms. The van der Waals surface area contributed by atoms with Gasteiger partial charge in [-0.05, 0) is 18.6 Å². The number of nitrogens with two attached hydrogens (primary N) is 1. The monoisotopic (exact) mass is 265 g/mol. The second kappa shape index (κ2) is 4.70. The van der Waals surface area contributed by atoms with Crippen molar-refractivity contribution in [2.45, 2.75) is 32.4 Å². The van der Waals surface area contributed by atoms with Crippen LogP contribution in [0.3, 0.4) is 0 Å². The molecule has 2 rings (SSSR count). The van der Waals surface area contributed by atoms with E-state index in [-0.39, 0.29) is 23.3 Å². The normalized spacial score (nSPS) is 24.6. The first kappa shape index (κ1) is 13.6. The molecule has 1 aromatic rings. The predicted octanol–water partition coefficient (Wildman–Crippen LogP) is 1.59. The molecule has 4 N–H and O–H groups in total. The maximum Gasteiger partial charge on any atom is 0.354 e. The van der Waals surface area contributed by atoms with Crippen molar-refractivity contribution in [2.75, 3.05) is 18.2 Å². The van der Waals surface area contributed by atoms with Gasteiger partial charge in [0.2, 0.25) is 0 Å². The Morgan fingerprint density at radius 1 is 1.58 bits per heavy atom. The number of nitrogens with zero attached hydrogens (tertiary/aromatic N) is 1. The summed E-state index contributed by atoms with van der Waals surface area (Å²) in [5, 5.41) is 12.2. The fourth-order valence-electron chi connectivity index (χ4n) is 2.40. The number of rotatable bonds is 4. The Bertz CT molecular complexity index is 502. The Morgan fingerprint density at radius 2 is 2.26 bits per heavy atom. The van der Waals surface area contributed by atoms with Crippen molar-refractivity contribution in [3.63, 3.8) is 0 Å². The highest BCUT2D eigenvalue weighted by Crippen LogP contribution is 2.44. The first-order valence-electron chi connectivity index (χ1n) is 6.15. The van der Waals surface area contributed by atoms with Crippen LogP contribution in [0.5, 0.6) is 0 Å². The third kappa shape index (κ3) is 2.35. The molecule has 1 aromatic heterocycles. The van der Waals surface area contributed by atoms with Gasteiger partial charge in [0.15, 0.2) is 5.69 Å². The SMILES string of the molecule is COC1CC(Nc2nc(C(=O)O)ccc2N)C1(C)C. The first-order chi connectivity index (χ1) is 8.86. The molecular weight excluding hydrogens is 246 g/mol. The summed E-state index contributed by atoms with van der Waals surface area (Å²) < 4.78 is 5.38. The number of aromatic carboxylic acids is 1. The minimum absolute atomic E-state index is 0.0166. The van der Waals surface area contributed by atoms with E-state index in [1.807, 2.05) is 0 Å². The van der Waals surface area contributed by atoms with Crippen LogP contribution in [0.1, 0.15) is 30.8 Å². The summed E-state index contributed by atoms with van der Waals surface area (Å²) in [5.74, 6) is -0.641. The van der Waals surface area contributed by atoms with Crippen LogP contribution in [0.15, 0.2) is 12.1 Å². The van der Waals surface area contributed by atoms with Gasteiger partial charge in [0.05, 0.1) is 11.8 Å². The van der Waals surface area contributed by atoms with Crippen molar-refractivity contribution >= 4 is 17.5 Å². The maximum absolute atomic E-state index is 10.9. The van der Waals surface area contributed by atoms with Crippen LogP contribution in [-0.4, -0.2) is 35.3 Å². The van der Waals surface area contributed by atoms with E-state index < -0.39 is 5.97 Å². The average Bonchev–Trinajstić information content (AvgIpc) is 2.35. The molecule has 6 nitrogen and oxygen atoms in total. The second-order valence-corrected chi connectivity index (χ2v) is 5.42. The molecule has 0 aliphatic heterocycles. The van der Waals surface area contributed by atoms with E-state index >= 15 is 0 Å². The molecule has 6 heteroatoms. The summed E-state index contributed by atoms with van der Waals surface area (Å²) in [5.41, 5.74) is 6.21. The first-order valence-corrected chi connectivity index (χ1v) is 6.15. The van der Waals surface area contributed by atoms with Crippen molar-refractivity contribution in [3.8, 4) is 0 Å². The third-order valence-corrected chi connectivity index (χ3v) is 3.92. The van der Waals surface area contributed by atoms with Crippen molar-refractivity contribution in [3.05, 3.63) is 17.8 Å². The smallest absolute Gasteiger partial charge is 0.354 e. The number of carboxylic acids is 1. The molecule has 1 aliphatic carbocycles. The molecule has 0 amide bonds. The zero-order valence-electron chi connectivity index (χ0n) is 11.3. The van der Waals surface area contributed by atoms with E-state index in [0.29, 0.717) is 11.5 Å². The van der Waals surface area contributed by atoms with Crippen LogP contribution < -0.4 is 11.1 Å². The van der Waals surface area contributed by atoms with E-state index in [2.05, 4.69) is 24.1 Å². The summed E-state index contributed by atoms with van der Waals surface area (Å²) in [6, 6.07) is 3.11. The van der Waals surface area contributed by atoms with E-state index in [0.717, 1.165) is 6.42 Å². The number of carbonyl (C=O) groups is 1. The van der Waals surface area contributed by atoms with Crippen LogP contribution in [0.2, 0.25) is 0 Å². The van der Waals surface area contributed by atoms with Crippen LogP contribution in [0, 0.1) is 5.41 Å². The van der Waals surface area contributed by atoms with Crippen LogP contribution in [0.25, 0.3) is 0 Å². The molecular formula is C13H19N3O3. The van der Waals surface area contributed by atoms with Gasteiger partial charge in [0.25, 0.3) is 0 Å². The van der Waals surface area contributed by atoms with E-state index in [1.165, 1.54) is 6.07 Å². The van der Waals surface area contributed by atoms with Crippen molar-refractivity contribution in [1.29, 1.82) is 0 Å². The Labute approximate surface area is 112 Å². The van der Waals surface area contributed by atoms with Gasteiger partial charge in [-0.25, -0.2) is 9.78 Å². The molecule has 0 aromatic carbocycles. The number of nitrogens with one attached hydrogen (secondary N) is 1. The molecule has 1 heterocycles. The minimum atomic E-state index is -1.06. The van der Waals surface area contributed by atoms with Gasteiger partial charge in [-0.2, -0.15) is 0 Å². The fraction of sp³-hybridized carbons (Fsp3) is 0.538. The van der Waals surface area contributed by atoms with Crippen LogP contribution in [-0.2, 0) is 4.74 Å². The Kier molecular flexibility index (Phi) is 3.36. The lowest BCUT2D eigenvalue weighted by Crippen LogP contribution is -2.57. The lowest BCUT2D eigenvalue weighted by atomic mass is 9.64. The zero-order chi connectivity index (χ0) is 14.2.